The normalized spacial score (nSPS) is 19.9. The van der Waals surface area contributed by atoms with E-state index < -0.39 is 10.2 Å². The first kappa shape index (κ1) is 19.3. The van der Waals surface area contributed by atoms with Crippen molar-refractivity contribution in [2.75, 3.05) is 26.2 Å². The van der Waals surface area contributed by atoms with Crippen LogP contribution in [0.15, 0.2) is 24.3 Å². The summed E-state index contributed by atoms with van der Waals surface area (Å²) < 4.78 is 29.1. The third-order valence-electron chi connectivity index (χ3n) is 5.21. The monoisotopic (exact) mass is 379 g/mol. The molecule has 2 aliphatic rings. The van der Waals surface area contributed by atoms with Crippen LogP contribution in [-0.2, 0) is 16.8 Å². The zero-order chi connectivity index (χ0) is 18.4. The Morgan fingerprint density at radius 2 is 1.38 bits per heavy atom. The number of amides is 1. The highest BCUT2D eigenvalue weighted by molar-refractivity contribution is 7.87. The molecule has 0 radical (unpaired) electrons. The molecule has 2 heterocycles. The van der Waals surface area contributed by atoms with Gasteiger partial charge < -0.3 is 4.90 Å². The van der Waals surface area contributed by atoms with Crippen molar-refractivity contribution >= 4 is 16.1 Å². The number of nitrogens with one attached hydrogen (secondary N) is 1. The van der Waals surface area contributed by atoms with Crippen LogP contribution in [0.3, 0.4) is 0 Å². The molecular weight excluding hydrogens is 350 g/mol. The van der Waals surface area contributed by atoms with Crippen LogP contribution in [0.5, 0.6) is 0 Å². The van der Waals surface area contributed by atoms with Gasteiger partial charge in [-0.3, -0.25) is 4.79 Å². The van der Waals surface area contributed by atoms with Crippen LogP contribution in [-0.4, -0.2) is 49.7 Å². The van der Waals surface area contributed by atoms with Crippen LogP contribution >= 0.6 is 0 Å². The highest BCUT2D eigenvalue weighted by Crippen LogP contribution is 2.15. The first-order valence-electron chi connectivity index (χ1n) is 9.69. The third kappa shape index (κ3) is 5.05. The van der Waals surface area contributed by atoms with Crippen molar-refractivity contribution in [3.63, 3.8) is 0 Å². The molecule has 2 fully saturated rings. The van der Waals surface area contributed by atoms with E-state index in [4.69, 9.17) is 0 Å². The summed E-state index contributed by atoms with van der Waals surface area (Å²) >= 11 is 0. The van der Waals surface area contributed by atoms with Crippen molar-refractivity contribution in [3.05, 3.63) is 35.4 Å². The fourth-order valence-electron chi connectivity index (χ4n) is 3.59. The number of carbonyl (C=O) groups is 1. The van der Waals surface area contributed by atoms with Gasteiger partial charge in [-0.25, -0.2) is 0 Å². The predicted molar refractivity (Wildman–Crippen MR) is 102 cm³/mol. The summed E-state index contributed by atoms with van der Waals surface area (Å²) in [7, 11) is -3.44. The average molecular weight is 380 g/mol. The zero-order valence-corrected chi connectivity index (χ0v) is 16.1. The predicted octanol–water partition coefficient (Wildman–Crippen LogP) is 2.52. The van der Waals surface area contributed by atoms with Gasteiger partial charge in [0.1, 0.15) is 0 Å². The van der Waals surface area contributed by atoms with E-state index in [1.165, 1.54) is 6.42 Å². The van der Waals surface area contributed by atoms with Gasteiger partial charge in [0.05, 0.1) is 0 Å². The molecule has 26 heavy (non-hydrogen) atoms. The van der Waals surface area contributed by atoms with Crippen molar-refractivity contribution in [2.24, 2.45) is 0 Å². The fraction of sp³-hybridized carbons (Fsp3) is 0.632. The second kappa shape index (κ2) is 8.97. The van der Waals surface area contributed by atoms with E-state index in [0.29, 0.717) is 18.7 Å². The number of rotatable bonds is 5. The van der Waals surface area contributed by atoms with Crippen molar-refractivity contribution in [1.29, 1.82) is 0 Å². The van der Waals surface area contributed by atoms with Crippen LogP contribution in [0.4, 0.5) is 0 Å². The van der Waals surface area contributed by atoms with Crippen LogP contribution in [0, 0.1) is 0 Å². The Balaban J connectivity index is 1.56. The van der Waals surface area contributed by atoms with Crippen LogP contribution < -0.4 is 4.72 Å². The Morgan fingerprint density at radius 1 is 0.846 bits per heavy atom. The molecule has 0 aliphatic carbocycles. The highest BCUT2D eigenvalue weighted by atomic mass is 32.2. The van der Waals surface area contributed by atoms with Gasteiger partial charge >= 0.3 is 0 Å². The summed E-state index contributed by atoms with van der Waals surface area (Å²) in [6, 6.07) is 7.27. The van der Waals surface area contributed by atoms with Crippen LogP contribution in [0.2, 0.25) is 0 Å². The van der Waals surface area contributed by atoms with Gasteiger partial charge in [0, 0.05) is 38.3 Å². The summed E-state index contributed by atoms with van der Waals surface area (Å²) in [4.78, 5) is 14.4. The summed E-state index contributed by atoms with van der Waals surface area (Å²) in [6.07, 6.45) is 7.38. The molecule has 0 spiro atoms. The van der Waals surface area contributed by atoms with Crippen molar-refractivity contribution in [2.45, 2.75) is 51.5 Å². The maximum absolute atomic E-state index is 12.5. The summed E-state index contributed by atoms with van der Waals surface area (Å²) in [5.41, 5.74) is 1.53. The van der Waals surface area contributed by atoms with E-state index in [2.05, 4.69) is 4.72 Å². The Labute approximate surface area is 156 Å². The number of piperidine rings is 1. The number of carbonyl (C=O) groups excluding carboxylic acids is 1. The van der Waals surface area contributed by atoms with Gasteiger partial charge in [-0.2, -0.15) is 17.4 Å². The molecule has 0 aromatic heterocycles. The van der Waals surface area contributed by atoms with E-state index >= 15 is 0 Å². The minimum Gasteiger partial charge on any atom is -0.339 e. The number of hydrogen-bond acceptors (Lipinski definition) is 3. The number of benzene rings is 1. The van der Waals surface area contributed by atoms with Gasteiger partial charge in [0.15, 0.2) is 0 Å². The van der Waals surface area contributed by atoms with Crippen LogP contribution in [0.1, 0.15) is 60.9 Å². The standard InChI is InChI=1S/C19H29N3O3S/c23-19(21-12-4-3-5-13-21)18-10-8-17(9-11-18)16-20-26(24,25)22-14-6-1-2-7-15-22/h8-11,20H,1-7,12-16H2. The molecule has 1 N–H and O–H groups in total. The minimum absolute atomic E-state index is 0.0707. The lowest BCUT2D eigenvalue weighted by Gasteiger charge is -2.26. The molecule has 3 rings (SSSR count). The average Bonchev–Trinajstić information content (AvgIpc) is 2.97. The molecular formula is C19H29N3O3S. The first-order valence-corrected chi connectivity index (χ1v) is 11.1. The summed E-state index contributed by atoms with van der Waals surface area (Å²) in [5, 5.41) is 0. The molecule has 0 unspecified atom stereocenters. The molecule has 0 bridgehead atoms. The van der Waals surface area contributed by atoms with E-state index in [1.807, 2.05) is 17.0 Å². The molecule has 1 amide bonds. The molecule has 2 aliphatic heterocycles. The Kier molecular flexibility index (Phi) is 6.67. The molecule has 0 saturated carbocycles. The molecule has 1 aromatic rings. The highest BCUT2D eigenvalue weighted by Gasteiger charge is 2.22. The summed E-state index contributed by atoms with van der Waals surface area (Å²) in [6.45, 7) is 3.10. The number of likely N-dealkylation sites (tertiary alicyclic amines) is 1. The Morgan fingerprint density at radius 3 is 2.00 bits per heavy atom. The maximum atomic E-state index is 12.5. The first-order chi connectivity index (χ1) is 12.6. The van der Waals surface area contributed by atoms with Crippen molar-refractivity contribution in [1.82, 2.24) is 13.9 Å². The van der Waals surface area contributed by atoms with Gasteiger partial charge in [-0.05, 0) is 49.8 Å². The van der Waals surface area contributed by atoms with Crippen molar-refractivity contribution < 1.29 is 13.2 Å². The van der Waals surface area contributed by atoms with Gasteiger partial charge in [-0.1, -0.05) is 25.0 Å². The number of nitrogens with zero attached hydrogens (tertiary/aromatic N) is 2. The second-order valence-electron chi connectivity index (χ2n) is 7.19. The molecule has 2 saturated heterocycles. The molecule has 7 heteroatoms. The van der Waals surface area contributed by atoms with Gasteiger partial charge in [-0.15, -0.1) is 0 Å². The SMILES string of the molecule is O=C(c1ccc(CNS(=O)(=O)N2CCCCCC2)cc1)N1CCCCC1. The van der Waals surface area contributed by atoms with E-state index in [0.717, 1.165) is 57.2 Å². The smallest absolute Gasteiger partial charge is 0.279 e. The van der Waals surface area contributed by atoms with E-state index in [9.17, 15) is 13.2 Å². The lowest BCUT2D eigenvalue weighted by Crippen LogP contribution is -2.40. The number of hydrogen-bond donors (Lipinski definition) is 1. The fourth-order valence-corrected chi connectivity index (χ4v) is 4.86. The van der Waals surface area contributed by atoms with E-state index in [1.54, 1.807) is 16.4 Å². The molecule has 0 atom stereocenters. The molecule has 144 valence electrons. The van der Waals surface area contributed by atoms with Gasteiger partial charge in [0.2, 0.25) is 0 Å². The zero-order valence-electron chi connectivity index (χ0n) is 15.3. The Bertz CT molecular complexity index is 689. The minimum atomic E-state index is -3.44. The molecule has 6 nitrogen and oxygen atoms in total. The third-order valence-corrected chi connectivity index (χ3v) is 6.76. The lowest BCUT2D eigenvalue weighted by atomic mass is 10.1. The molecule has 1 aromatic carbocycles. The topological polar surface area (TPSA) is 69.7 Å². The second-order valence-corrected chi connectivity index (χ2v) is 8.94. The van der Waals surface area contributed by atoms with E-state index in [-0.39, 0.29) is 12.5 Å². The quantitative estimate of drug-likeness (QED) is 0.855. The lowest BCUT2D eigenvalue weighted by molar-refractivity contribution is 0.0724. The summed E-state index contributed by atoms with van der Waals surface area (Å²) in [5.74, 6) is 0.0707. The maximum Gasteiger partial charge on any atom is 0.279 e. The largest absolute Gasteiger partial charge is 0.339 e. The van der Waals surface area contributed by atoms with Crippen molar-refractivity contribution in [3.8, 4) is 0 Å². The van der Waals surface area contributed by atoms with Gasteiger partial charge in [0.25, 0.3) is 16.1 Å². The van der Waals surface area contributed by atoms with Crippen LogP contribution in [0.25, 0.3) is 0 Å². The Hall–Kier alpha value is -1.44.